The van der Waals surface area contributed by atoms with Crippen molar-refractivity contribution in [3.05, 3.63) is 29.3 Å². The van der Waals surface area contributed by atoms with Crippen LogP contribution in [0, 0.1) is 12.3 Å². The summed E-state index contributed by atoms with van der Waals surface area (Å²) in [5, 5.41) is 3.48. The first-order valence-electron chi connectivity index (χ1n) is 6.92. The number of carbonyl (C=O) groups is 1. The third kappa shape index (κ3) is 2.75. The number of benzene rings is 1. The van der Waals surface area contributed by atoms with Crippen LogP contribution in [-0.4, -0.2) is 19.6 Å². The molecule has 1 aliphatic carbocycles. The second-order valence-electron chi connectivity index (χ2n) is 5.82. The topological polar surface area (TPSA) is 38.3 Å². The third-order valence-corrected chi connectivity index (χ3v) is 4.00. The molecule has 1 aromatic carbocycles. The Hall–Kier alpha value is -1.51. The Bertz CT molecular complexity index is 476. The highest BCUT2D eigenvalue weighted by atomic mass is 16.5. The van der Waals surface area contributed by atoms with Crippen LogP contribution in [0.15, 0.2) is 18.2 Å². The lowest BCUT2D eigenvalue weighted by Crippen LogP contribution is -2.26. The van der Waals surface area contributed by atoms with Crippen molar-refractivity contribution in [2.45, 2.75) is 39.5 Å². The summed E-state index contributed by atoms with van der Waals surface area (Å²) >= 11 is 0. The van der Waals surface area contributed by atoms with Gasteiger partial charge in [0.25, 0.3) is 0 Å². The highest BCUT2D eigenvalue weighted by Crippen LogP contribution is 2.47. The average Bonchev–Trinajstić information content (AvgIpc) is 3.17. The number of rotatable bonds is 5. The van der Waals surface area contributed by atoms with Gasteiger partial charge >= 0.3 is 5.97 Å². The molecule has 1 aliphatic rings. The Balaban J connectivity index is 2.14. The van der Waals surface area contributed by atoms with E-state index in [1.54, 1.807) is 0 Å². The maximum absolute atomic E-state index is 11.8. The van der Waals surface area contributed by atoms with E-state index in [1.807, 2.05) is 0 Å². The number of nitrogens with one attached hydrogen (secondary N) is 1. The number of esters is 1. The van der Waals surface area contributed by atoms with Crippen LogP contribution >= 0.6 is 0 Å². The number of anilines is 1. The number of hydrogen-bond acceptors (Lipinski definition) is 3. The lowest BCUT2D eigenvalue weighted by Gasteiger charge is -2.20. The van der Waals surface area contributed by atoms with Gasteiger partial charge in [-0.1, -0.05) is 32.0 Å². The van der Waals surface area contributed by atoms with E-state index >= 15 is 0 Å². The van der Waals surface area contributed by atoms with E-state index in [0.717, 1.165) is 12.8 Å². The summed E-state index contributed by atoms with van der Waals surface area (Å²) in [7, 11) is 1.47. The molecule has 0 bridgehead atoms. The molecule has 19 heavy (non-hydrogen) atoms. The molecule has 1 fully saturated rings. The Morgan fingerprint density at radius 1 is 1.42 bits per heavy atom. The summed E-state index contributed by atoms with van der Waals surface area (Å²) in [4.78, 5) is 11.8. The summed E-state index contributed by atoms with van der Waals surface area (Å²) in [5.41, 5.74) is 3.42. The van der Waals surface area contributed by atoms with E-state index in [2.05, 4.69) is 44.3 Å². The van der Waals surface area contributed by atoms with Crippen LogP contribution in [0.5, 0.6) is 0 Å². The lowest BCUT2D eigenvalue weighted by molar-refractivity contribution is -0.146. The number of para-hydroxylation sites is 1. The number of methoxy groups -OCH3 is 1. The fourth-order valence-electron chi connectivity index (χ4n) is 2.49. The van der Waals surface area contributed by atoms with Crippen molar-refractivity contribution in [2.24, 2.45) is 5.41 Å². The molecule has 1 N–H and O–H groups in total. The van der Waals surface area contributed by atoms with Gasteiger partial charge in [0.2, 0.25) is 0 Å². The molecule has 104 valence electrons. The fourth-order valence-corrected chi connectivity index (χ4v) is 2.49. The lowest BCUT2D eigenvalue weighted by atomic mass is 9.97. The molecule has 0 aliphatic heterocycles. The quantitative estimate of drug-likeness (QED) is 0.825. The molecule has 2 rings (SSSR count). The van der Waals surface area contributed by atoms with Gasteiger partial charge in [0.15, 0.2) is 0 Å². The van der Waals surface area contributed by atoms with Gasteiger partial charge in [-0.3, -0.25) is 4.79 Å². The first-order chi connectivity index (χ1) is 9.00. The predicted octanol–water partition coefficient (Wildman–Crippen LogP) is 3.48. The molecular formula is C16H23NO2. The minimum atomic E-state index is -0.286. The second kappa shape index (κ2) is 5.24. The third-order valence-electron chi connectivity index (χ3n) is 4.00. The molecule has 0 spiro atoms. The van der Waals surface area contributed by atoms with E-state index in [4.69, 9.17) is 4.74 Å². The van der Waals surface area contributed by atoms with Crippen LogP contribution in [0.1, 0.15) is 43.7 Å². The van der Waals surface area contributed by atoms with Crippen LogP contribution in [0.3, 0.4) is 0 Å². The van der Waals surface area contributed by atoms with Crippen molar-refractivity contribution in [1.29, 1.82) is 0 Å². The number of ether oxygens (including phenoxy) is 1. The summed E-state index contributed by atoms with van der Waals surface area (Å²) in [5.74, 6) is 0.385. The minimum Gasteiger partial charge on any atom is -0.469 e. The van der Waals surface area contributed by atoms with Gasteiger partial charge in [0.1, 0.15) is 0 Å². The summed E-state index contributed by atoms with van der Waals surface area (Å²) in [6, 6.07) is 6.34. The zero-order chi connectivity index (χ0) is 14.0. The van der Waals surface area contributed by atoms with Crippen LogP contribution in [0.25, 0.3) is 0 Å². The molecule has 1 aromatic rings. The Kier molecular flexibility index (Phi) is 3.83. The molecule has 0 aromatic heterocycles. The molecule has 3 heteroatoms. The maximum Gasteiger partial charge on any atom is 0.313 e. The summed E-state index contributed by atoms with van der Waals surface area (Å²) < 4.78 is 4.89. The van der Waals surface area contributed by atoms with Crippen LogP contribution in [0.4, 0.5) is 5.69 Å². The van der Waals surface area contributed by atoms with Gasteiger partial charge in [-0.2, -0.15) is 0 Å². The molecule has 0 amide bonds. The van der Waals surface area contributed by atoms with Crippen molar-refractivity contribution >= 4 is 11.7 Å². The van der Waals surface area contributed by atoms with Crippen LogP contribution in [-0.2, 0) is 9.53 Å². The second-order valence-corrected chi connectivity index (χ2v) is 5.82. The normalized spacial score (nSPS) is 16.3. The molecule has 0 unspecified atom stereocenters. The zero-order valence-corrected chi connectivity index (χ0v) is 12.2. The smallest absolute Gasteiger partial charge is 0.313 e. The first kappa shape index (κ1) is 13.9. The number of aryl methyl sites for hydroxylation is 1. The van der Waals surface area contributed by atoms with Gasteiger partial charge in [0.05, 0.1) is 12.5 Å². The SMILES string of the molecule is COC(=O)C1(CNc2c(C)cccc2C(C)C)CC1. The standard InChI is InChI=1S/C16H23NO2/c1-11(2)13-7-5-6-12(3)14(13)17-10-16(8-9-16)15(18)19-4/h5-7,11,17H,8-10H2,1-4H3. The van der Waals surface area contributed by atoms with Crippen molar-refractivity contribution in [1.82, 2.24) is 0 Å². The average molecular weight is 261 g/mol. The number of hydrogen-bond donors (Lipinski definition) is 1. The van der Waals surface area contributed by atoms with Crippen LogP contribution < -0.4 is 5.32 Å². The molecular weight excluding hydrogens is 238 g/mol. The Morgan fingerprint density at radius 3 is 2.63 bits per heavy atom. The maximum atomic E-state index is 11.8. The predicted molar refractivity (Wildman–Crippen MR) is 77.4 cm³/mol. The summed E-state index contributed by atoms with van der Waals surface area (Å²) in [6.07, 6.45) is 1.85. The van der Waals surface area contributed by atoms with Crippen molar-refractivity contribution in [2.75, 3.05) is 19.0 Å². The molecule has 0 saturated heterocycles. The zero-order valence-electron chi connectivity index (χ0n) is 12.2. The Morgan fingerprint density at radius 2 is 2.11 bits per heavy atom. The Labute approximate surface area is 115 Å². The largest absolute Gasteiger partial charge is 0.469 e. The van der Waals surface area contributed by atoms with E-state index in [-0.39, 0.29) is 11.4 Å². The van der Waals surface area contributed by atoms with E-state index in [9.17, 15) is 4.79 Å². The minimum absolute atomic E-state index is 0.0836. The highest BCUT2D eigenvalue weighted by Gasteiger charge is 2.50. The van der Waals surface area contributed by atoms with Gasteiger partial charge in [-0.25, -0.2) is 0 Å². The van der Waals surface area contributed by atoms with Gasteiger partial charge in [-0.15, -0.1) is 0 Å². The fraction of sp³-hybridized carbons (Fsp3) is 0.562. The first-order valence-corrected chi connectivity index (χ1v) is 6.92. The van der Waals surface area contributed by atoms with Crippen LogP contribution in [0.2, 0.25) is 0 Å². The van der Waals surface area contributed by atoms with Crippen molar-refractivity contribution < 1.29 is 9.53 Å². The number of carbonyl (C=O) groups excluding carboxylic acids is 1. The summed E-state index contributed by atoms with van der Waals surface area (Å²) in [6.45, 7) is 7.15. The molecule has 3 nitrogen and oxygen atoms in total. The van der Waals surface area contributed by atoms with E-state index in [0.29, 0.717) is 12.5 Å². The molecule has 0 heterocycles. The highest BCUT2D eigenvalue weighted by molar-refractivity contribution is 5.80. The van der Waals surface area contributed by atoms with Gasteiger partial charge in [-0.05, 0) is 36.8 Å². The molecule has 0 atom stereocenters. The monoisotopic (exact) mass is 261 g/mol. The van der Waals surface area contributed by atoms with Crippen molar-refractivity contribution in [3.8, 4) is 0 Å². The molecule has 1 saturated carbocycles. The molecule has 0 radical (unpaired) electrons. The van der Waals surface area contributed by atoms with Crippen molar-refractivity contribution in [3.63, 3.8) is 0 Å². The van der Waals surface area contributed by atoms with E-state index < -0.39 is 0 Å². The van der Waals surface area contributed by atoms with Gasteiger partial charge in [0, 0.05) is 12.2 Å². The van der Waals surface area contributed by atoms with Gasteiger partial charge < -0.3 is 10.1 Å². The van der Waals surface area contributed by atoms with E-state index in [1.165, 1.54) is 23.9 Å².